The zero-order valence-corrected chi connectivity index (χ0v) is 20.6. The summed E-state index contributed by atoms with van der Waals surface area (Å²) in [5.74, 6) is 0.354. The van der Waals surface area contributed by atoms with E-state index in [4.69, 9.17) is 9.47 Å². The van der Waals surface area contributed by atoms with Gasteiger partial charge in [-0.05, 0) is 50.5 Å². The van der Waals surface area contributed by atoms with Crippen LogP contribution >= 0.6 is 0 Å². The van der Waals surface area contributed by atoms with Crippen LogP contribution in [0.4, 0.5) is 13.2 Å². The van der Waals surface area contributed by atoms with Gasteiger partial charge in [0.1, 0.15) is 5.75 Å². The highest BCUT2D eigenvalue weighted by Crippen LogP contribution is 2.39. The molecule has 0 radical (unpaired) electrons. The molecule has 198 valence electrons. The zero-order valence-electron chi connectivity index (χ0n) is 20.6. The Morgan fingerprint density at radius 2 is 1.89 bits per heavy atom. The van der Waals surface area contributed by atoms with Crippen molar-refractivity contribution >= 4 is 5.91 Å². The third-order valence-electron chi connectivity index (χ3n) is 6.70. The number of alkyl halides is 3. The normalized spacial score (nSPS) is 20.6. The van der Waals surface area contributed by atoms with Gasteiger partial charge in [0.15, 0.2) is 0 Å². The molecule has 2 heterocycles. The molecular weight excluding hydrogens is 473 g/mol. The molecule has 2 fully saturated rings. The van der Waals surface area contributed by atoms with E-state index in [2.05, 4.69) is 0 Å². The van der Waals surface area contributed by atoms with Crippen LogP contribution in [-0.2, 0) is 11.3 Å². The highest BCUT2D eigenvalue weighted by atomic mass is 19.4. The lowest BCUT2D eigenvalue weighted by atomic mass is 9.87. The molecule has 6 nitrogen and oxygen atoms in total. The number of hydrogen-bond donors (Lipinski definition) is 1. The summed E-state index contributed by atoms with van der Waals surface area (Å²) in [5.41, 5.74) is 1.07. The van der Waals surface area contributed by atoms with Crippen molar-refractivity contribution in [2.45, 2.75) is 57.3 Å². The van der Waals surface area contributed by atoms with Gasteiger partial charge in [0.2, 0.25) is 0 Å². The maximum Gasteiger partial charge on any atom is 0.401 e. The van der Waals surface area contributed by atoms with Crippen LogP contribution in [0.1, 0.15) is 55.7 Å². The standard InChI is InChI=1S/C27H33F3N2O4.H2/c1-19(2)35-23-9-8-21(14-22(23)16-33)25(34)32-12-10-26(11-13-32)17-31(18-27(28,29)30)15-24(36-26)20-6-4-3-5-7-20;/h3-9,14,19,24,33H,10-13,15-18H2,1-2H3;1H. The Hall–Kier alpha value is -2.62. The van der Waals surface area contributed by atoms with E-state index in [1.54, 1.807) is 23.1 Å². The molecule has 4 rings (SSSR count). The molecule has 9 heteroatoms. The van der Waals surface area contributed by atoms with E-state index < -0.39 is 24.4 Å². The van der Waals surface area contributed by atoms with Gasteiger partial charge in [-0.15, -0.1) is 0 Å². The van der Waals surface area contributed by atoms with Crippen molar-refractivity contribution in [2.75, 3.05) is 32.7 Å². The summed E-state index contributed by atoms with van der Waals surface area (Å²) in [4.78, 5) is 16.3. The number of aliphatic hydroxyl groups excluding tert-OH is 1. The number of piperidine rings is 1. The fourth-order valence-electron chi connectivity index (χ4n) is 5.08. The first-order valence-corrected chi connectivity index (χ1v) is 12.3. The molecule has 0 saturated carbocycles. The van der Waals surface area contributed by atoms with Gasteiger partial charge < -0.3 is 19.5 Å². The number of amides is 1. The average Bonchev–Trinajstić information content (AvgIpc) is 2.83. The van der Waals surface area contributed by atoms with Crippen LogP contribution in [0.25, 0.3) is 0 Å². The Bertz CT molecular complexity index is 1040. The highest BCUT2D eigenvalue weighted by molar-refractivity contribution is 5.94. The van der Waals surface area contributed by atoms with Crippen LogP contribution in [0.3, 0.4) is 0 Å². The quantitative estimate of drug-likeness (QED) is 0.606. The highest BCUT2D eigenvalue weighted by Gasteiger charge is 2.46. The zero-order chi connectivity index (χ0) is 25.9. The van der Waals surface area contributed by atoms with E-state index >= 15 is 0 Å². The van der Waals surface area contributed by atoms with Gasteiger partial charge in [-0.25, -0.2) is 0 Å². The smallest absolute Gasteiger partial charge is 0.401 e. The Morgan fingerprint density at radius 3 is 2.50 bits per heavy atom. The van der Waals surface area contributed by atoms with E-state index in [1.807, 2.05) is 44.2 Å². The number of morpholine rings is 1. The summed E-state index contributed by atoms with van der Waals surface area (Å²) < 4.78 is 52.0. The van der Waals surface area contributed by atoms with Crippen molar-refractivity contribution in [1.82, 2.24) is 9.80 Å². The molecule has 1 spiro atoms. The SMILES string of the molecule is CC(C)Oc1ccc(C(=O)N2CCC3(CC2)CN(CC(F)(F)F)CC(c2ccccc2)O3)cc1CO.[HH]. The van der Waals surface area contributed by atoms with Crippen LogP contribution in [0, 0.1) is 0 Å². The number of rotatable bonds is 6. The molecule has 2 saturated heterocycles. The summed E-state index contributed by atoms with van der Waals surface area (Å²) >= 11 is 0. The van der Waals surface area contributed by atoms with Gasteiger partial charge in [0, 0.05) is 38.7 Å². The fraction of sp³-hybridized carbons (Fsp3) is 0.519. The summed E-state index contributed by atoms with van der Waals surface area (Å²) in [6.45, 7) is 3.62. The minimum Gasteiger partial charge on any atom is -0.491 e. The molecule has 0 bridgehead atoms. The Morgan fingerprint density at radius 1 is 1.19 bits per heavy atom. The maximum absolute atomic E-state index is 13.3. The molecule has 36 heavy (non-hydrogen) atoms. The van der Waals surface area contributed by atoms with E-state index in [9.17, 15) is 23.1 Å². The van der Waals surface area contributed by atoms with Crippen LogP contribution in [0.15, 0.2) is 48.5 Å². The monoisotopic (exact) mass is 508 g/mol. The molecule has 1 unspecified atom stereocenters. The van der Waals surface area contributed by atoms with Crippen LogP contribution in [0.2, 0.25) is 0 Å². The second-order valence-corrected chi connectivity index (χ2v) is 9.92. The van der Waals surface area contributed by atoms with Gasteiger partial charge in [-0.1, -0.05) is 30.3 Å². The maximum atomic E-state index is 13.3. The molecule has 2 aromatic rings. The van der Waals surface area contributed by atoms with Crippen molar-refractivity contribution in [1.29, 1.82) is 0 Å². The lowest BCUT2D eigenvalue weighted by Crippen LogP contribution is -2.59. The molecule has 1 N–H and O–H groups in total. The number of ether oxygens (including phenoxy) is 2. The minimum absolute atomic E-state index is 0. The van der Waals surface area contributed by atoms with Crippen molar-refractivity contribution in [2.24, 2.45) is 0 Å². The van der Waals surface area contributed by atoms with Crippen LogP contribution in [-0.4, -0.2) is 71.4 Å². The van der Waals surface area contributed by atoms with Gasteiger partial charge in [0.25, 0.3) is 5.91 Å². The van der Waals surface area contributed by atoms with Crippen molar-refractivity contribution in [3.63, 3.8) is 0 Å². The van der Waals surface area contributed by atoms with Gasteiger partial charge in [-0.3, -0.25) is 9.69 Å². The Labute approximate surface area is 211 Å². The van der Waals surface area contributed by atoms with E-state index in [-0.39, 0.29) is 33.1 Å². The summed E-state index contributed by atoms with van der Waals surface area (Å²) in [6.07, 6.45) is -3.95. The topological polar surface area (TPSA) is 62.2 Å². The number of nitrogens with zero attached hydrogens (tertiary/aromatic N) is 2. The molecule has 2 aliphatic heterocycles. The molecule has 2 aromatic carbocycles. The number of carbonyl (C=O) groups is 1. The summed E-state index contributed by atoms with van der Waals surface area (Å²) in [7, 11) is 0. The number of likely N-dealkylation sites (tertiary alicyclic amines) is 1. The van der Waals surface area contributed by atoms with Crippen molar-refractivity contribution < 1.29 is 34.0 Å². The van der Waals surface area contributed by atoms with E-state index in [0.29, 0.717) is 42.8 Å². The third kappa shape index (κ3) is 6.38. The average molecular weight is 509 g/mol. The predicted molar refractivity (Wildman–Crippen MR) is 131 cm³/mol. The number of benzene rings is 2. The Kier molecular flexibility index (Phi) is 7.92. The lowest BCUT2D eigenvalue weighted by Gasteiger charge is -2.50. The molecule has 0 aromatic heterocycles. The molecule has 0 aliphatic carbocycles. The van der Waals surface area contributed by atoms with Gasteiger partial charge >= 0.3 is 6.18 Å². The predicted octanol–water partition coefficient (Wildman–Crippen LogP) is 4.82. The number of hydrogen-bond acceptors (Lipinski definition) is 5. The number of carbonyl (C=O) groups excluding carboxylic acids is 1. The van der Waals surface area contributed by atoms with E-state index in [0.717, 1.165) is 5.56 Å². The third-order valence-corrected chi connectivity index (χ3v) is 6.70. The first kappa shape index (κ1) is 26.4. The minimum atomic E-state index is -4.30. The second-order valence-electron chi connectivity index (χ2n) is 9.92. The molecule has 1 amide bonds. The number of aliphatic hydroxyl groups is 1. The first-order valence-electron chi connectivity index (χ1n) is 12.3. The van der Waals surface area contributed by atoms with Crippen LogP contribution in [0.5, 0.6) is 5.75 Å². The first-order chi connectivity index (χ1) is 17.1. The Balaban J connectivity index is 0.00000380. The van der Waals surface area contributed by atoms with Gasteiger partial charge in [-0.2, -0.15) is 13.2 Å². The number of halogens is 3. The lowest BCUT2D eigenvalue weighted by molar-refractivity contribution is -0.205. The van der Waals surface area contributed by atoms with E-state index in [1.165, 1.54) is 4.90 Å². The van der Waals surface area contributed by atoms with Gasteiger partial charge in [0.05, 0.1) is 31.0 Å². The molecule has 2 aliphatic rings. The summed E-state index contributed by atoms with van der Waals surface area (Å²) in [6, 6.07) is 14.3. The van der Waals surface area contributed by atoms with Crippen LogP contribution < -0.4 is 4.74 Å². The fourth-order valence-corrected chi connectivity index (χ4v) is 5.08. The largest absolute Gasteiger partial charge is 0.491 e. The summed E-state index contributed by atoms with van der Waals surface area (Å²) in [5, 5.41) is 9.73. The second kappa shape index (κ2) is 10.8. The van der Waals surface area contributed by atoms with Crippen molar-refractivity contribution in [3.8, 4) is 5.75 Å². The van der Waals surface area contributed by atoms with Crippen molar-refractivity contribution in [3.05, 3.63) is 65.2 Å². The molecule has 1 atom stereocenters. The molecular formula is C27H35F3N2O4.